The molecule has 1 aromatic carbocycles. The third-order valence-corrected chi connectivity index (χ3v) is 5.11. The van der Waals surface area contributed by atoms with E-state index in [1.54, 1.807) is 25.2 Å². The Bertz CT molecular complexity index is 1420. The van der Waals surface area contributed by atoms with Crippen molar-refractivity contribution < 1.29 is 18.0 Å². The van der Waals surface area contributed by atoms with Gasteiger partial charge in [0, 0.05) is 36.6 Å². The molecule has 3 heterocycles. The van der Waals surface area contributed by atoms with E-state index in [2.05, 4.69) is 19.9 Å². The average molecular weight is 478 g/mol. The maximum Gasteiger partial charge on any atom is 0.417 e. The van der Waals surface area contributed by atoms with Crippen LogP contribution in [0, 0.1) is 11.3 Å². The number of alkyl halides is 3. The summed E-state index contributed by atoms with van der Waals surface area (Å²) in [5, 5.41) is 12.4. The second-order valence-electron chi connectivity index (χ2n) is 7.41. The molecule has 4 aromatic rings. The number of hydrogen-bond donors (Lipinski definition) is 1. The topological polar surface area (TPSA) is 125 Å². The van der Waals surface area contributed by atoms with Gasteiger partial charge in [0.25, 0.3) is 5.91 Å². The van der Waals surface area contributed by atoms with Gasteiger partial charge in [0.15, 0.2) is 0 Å². The zero-order valence-corrected chi connectivity index (χ0v) is 18.2. The number of halogens is 3. The minimum Gasteiger partial charge on any atom is -0.383 e. The summed E-state index contributed by atoms with van der Waals surface area (Å²) in [7, 11) is 1.55. The largest absolute Gasteiger partial charge is 0.417 e. The molecule has 3 aromatic heterocycles. The van der Waals surface area contributed by atoms with E-state index in [4.69, 9.17) is 5.73 Å². The Kier molecular flexibility index (Phi) is 6.16. The summed E-state index contributed by atoms with van der Waals surface area (Å²) in [6, 6.07) is 11.9. The van der Waals surface area contributed by atoms with Crippen LogP contribution in [0.5, 0.6) is 0 Å². The van der Waals surface area contributed by atoms with Crippen molar-refractivity contribution in [1.82, 2.24) is 24.9 Å². The number of nitrogens with two attached hydrogens (primary N) is 1. The van der Waals surface area contributed by atoms with Crippen molar-refractivity contribution in [3.8, 4) is 6.07 Å². The van der Waals surface area contributed by atoms with Crippen LogP contribution >= 0.6 is 0 Å². The number of nitriles is 1. The van der Waals surface area contributed by atoms with E-state index in [1.807, 2.05) is 6.07 Å². The predicted molar refractivity (Wildman–Crippen MR) is 120 cm³/mol. The van der Waals surface area contributed by atoms with E-state index in [1.165, 1.54) is 40.6 Å². The Hall–Kier alpha value is -4.79. The van der Waals surface area contributed by atoms with Crippen molar-refractivity contribution in [3.05, 3.63) is 83.4 Å². The first-order valence-electron chi connectivity index (χ1n) is 10.1. The quantitative estimate of drug-likeness (QED) is 0.432. The van der Waals surface area contributed by atoms with Gasteiger partial charge in [-0.2, -0.15) is 18.4 Å². The number of anilines is 2. The Balaban J connectivity index is 1.72. The van der Waals surface area contributed by atoms with Crippen molar-refractivity contribution in [2.24, 2.45) is 0 Å². The van der Waals surface area contributed by atoms with Crippen LogP contribution in [0.3, 0.4) is 0 Å². The Labute approximate surface area is 197 Å². The number of nitrogen functional groups attached to an aromatic ring is 1. The van der Waals surface area contributed by atoms with Gasteiger partial charge >= 0.3 is 6.18 Å². The normalized spacial score (nSPS) is 11.2. The number of hydrogen-bond acceptors (Lipinski definition) is 8. The van der Waals surface area contributed by atoms with Crippen LogP contribution in [-0.2, 0) is 12.7 Å². The van der Waals surface area contributed by atoms with E-state index >= 15 is 0 Å². The molecular weight excluding hydrogens is 461 g/mol. The molecule has 0 radical (unpaired) electrons. The number of hydrazine groups is 1. The molecule has 0 saturated carbocycles. The fraction of sp³-hybridized carbons (Fsp3) is 0.130. The van der Waals surface area contributed by atoms with Gasteiger partial charge in [-0.1, -0.05) is 0 Å². The molecule has 0 aliphatic heterocycles. The molecule has 0 spiro atoms. The number of fused-ring (bicyclic) bond motifs is 1. The summed E-state index contributed by atoms with van der Waals surface area (Å²) in [5.41, 5.74) is 5.99. The summed E-state index contributed by atoms with van der Waals surface area (Å²) in [5.74, 6) is -0.233. The van der Waals surface area contributed by atoms with Crippen molar-refractivity contribution in [2.45, 2.75) is 12.7 Å². The first kappa shape index (κ1) is 23.4. The highest BCUT2D eigenvalue weighted by Gasteiger charge is 2.31. The molecule has 12 heteroatoms. The van der Waals surface area contributed by atoms with E-state index in [9.17, 15) is 23.2 Å². The van der Waals surface area contributed by atoms with Gasteiger partial charge in [-0.15, -0.1) is 0 Å². The maximum absolute atomic E-state index is 13.6. The number of nitrogens with zero attached hydrogens (tertiary/aromatic N) is 7. The average Bonchev–Trinajstić information content (AvgIpc) is 2.86. The van der Waals surface area contributed by atoms with Gasteiger partial charge in [-0.05, 0) is 42.5 Å². The number of rotatable bonds is 5. The van der Waals surface area contributed by atoms with Crippen LogP contribution in [-0.4, -0.2) is 37.9 Å². The highest BCUT2D eigenvalue weighted by Crippen LogP contribution is 2.29. The maximum atomic E-state index is 13.6. The summed E-state index contributed by atoms with van der Waals surface area (Å²) < 4.78 is 38.8. The third-order valence-electron chi connectivity index (χ3n) is 5.11. The zero-order chi connectivity index (χ0) is 25.2. The molecule has 9 nitrogen and oxygen atoms in total. The molecule has 0 bridgehead atoms. The third kappa shape index (κ3) is 4.93. The summed E-state index contributed by atoms with van der Waals surface area (Å²) >= 11 is 0. The number of aromatic nitrogens is 4. The van der Waals surface area contributed by atoms with Gasteiger partial charge in [0.05, 0.1) is 28.9 Å². The van der Waals surface area contributed by atoms with Crippen LogP contribution < -0.4 is 10.7 Å². The Morgan fingerprint density at radius 1 is 1.11 bits per heavy atom. The SMILES string of the molecule is CN(c1ncccn1)N(Cc1ccc(C(F)(F)F)cn1)C(=O)c1ccc2nc(N)c(C#N)cc2c1. The second-order valence-corrected chi connectivity index (χ2v) is 7.41. The van der Waals surface area contributed by atoms with Crippen molar-refractivity contribution in [3.63, 3.8) is 0 Å². The number of amides is 1. The minimum absolute atomic E-state index is 0.0787. The summed E-state index contributed by atoms with van der Waals surface area (Å²) in [6.07, 6.45) is -0.826. The number of carbonyl (C=O) groups is 1. The molecule has 0 atom stereocenters. The van der Waals surface area contributed by atoms with Crippen LogP contribution in [0.1, 0.15) is 27.2 Å². The lowest BCUT2D eigenvalue weighted by atomic mass is 10.1. The molecule has 0 fully saturated rings. The Morgan fingerprint density at radius 2 is 1.86 bits per heavy atom. The fourth-order valence-corrected chi connectivity index (χ4v) is 3.28. The zero-order valence-electron chi connectivity index (χ0n) is 18.2. The van der Waals surface area contributed by atoms with Gasteiger partial charge in [0.1, 0.15) is 11.9 Å². The van der Waals surface area contributed by atoms with E-state index in [-0.39, 0.29) is 35.1 Å². The summed E-state index contributed by atoms with van der Waals surface area (Å²) in [6.45, 7) is -0.160. The molecule has 0 saturated heterocycles. The van der Waals surface area contributed by atoms with Crippen molar-refractivity contribution in [1.29, 1.82) is 5.26 Å². The van der Waals surface area contributed by atoms with Crippen molar-refractivity contribution in [2.75, 3.05) is 17.8 Å². The smallest absolute Gasteiger partial charge is 0.383 e. The lowest BCUT2D eigenvalue weighted by molar-refractivity contribution is -0.137. The number of pyridine rings is 2. The first-order valence-corrected chi connectivity index (χ1v) is 10.1. The number of carbonyl (C=O) groups excluding carboxylic acids is 1. The van der Waals surface area contributed by atoms with Crippen molar-refractivity contribution >= 4 is 28.6 Å². The van der Waals surface area contributed by atoms with Gasteiger partial charge in [-0.3, -0.25) is 14.8 Å². The van der Waals surface area contributed by atoms with E-state index < -0.39 is 17.6 Å². The molecular formula is C23H17F3N8O. The van der Waals surface area contributed by atoms with E-state index in [0.29, 0.717) is 17.1 Å². The molecule has 4 rings (SSSR count). The lowest BCUT2D eigenvalue weighted by Gasteiger charge is -2.31. The molecule has 2 N–H and O–H groups in total. The van der Waals surface area contributed by atoms with Gasteiger partial charge in [0.2, 0.25) is 5.95 Å². The highest BCUT2D eigenvalue weighted by molar-refractivity contribution is 5.99. The first-order chi connectivity index (χ1) is 16.7. The number of benzene rings is 1. The van der Waals surface area contributed by atoms with Crippen LogP contribution in [0.2, 0.25) is 0 Å². The second kappa shape index (κ2) is 9.22. The fourth-order valence-electron chi connectivity index (χ4n) is 3.28. The molecule has 0 aliphatic carbocycles. The predicted octanol–water partition coefficient (Wildman–Crippen LogP) is 3.59. The molecule has 1 amide bonds. The molecule has 35 heavy (non-hydrogen) atoms. The standard InChI is InChI=1S/C23H17F3N8O/c1-33(22-29-7-2-8-30-22)34(13-18-5-4-17(12-31-18)23(24,25)26)21(35)14-3-6-19-15(9-14)10-16(11-27)20(28)32-19/h2-10,12H,13H2,1H3,(H2,28,32). The monoisotopic (exact) mass is 478 g/mol. The van der Waals surface area contributed by atoms with Crippen LogP contribution in [0.15, 0.2) is 61.1 Å². The van der Waals surface area contributed by atoms with Gasteiger partial charge in [-0.25, -0.2) is 20.0 Å². The summed E-state index contributed by atoms with van der Waals surface area (Å²) in [4.78, 5) is 29.9. The Morgan fingerprint density at radius 3 is 2.49 bits per heavy atom. The molecule has 0 unspecified atom stereocenters. The van der Waals surface area contributed by atoms with E-state index in [0.717, 1.165) is 6.07 Å². The van der Waals surface area contributed by atoms with Crippen LogP contribution in [0.25, 0.3) is 10.9 Å². The molecule has 0 aliphatic rings. The minimum atomic E-state index is -4.53. The highest BCUT2D eigenvalue weighted by atomic mass is 19.4. The van der Waals surface area contributed by atoms with Crippen LogP contribution in [0.4, 0.5) is 24.9 Å². The van der Waals surface area contributed by atoms with Gasteiger partial charge < -0.3 is 5.73 Å². The molecule has 176 valence electrons. The lowest BCUT2D eigenvalue weighted by Crippen LogP contribution is -2.45.